The molecule has 0 radical (unpaired) electrons. The third-order valence-electron chi connectivity index (χ3n) is 11.3. The van der Waals surface area contributed by atoms with Crippen LogP contribution in [0.4, 0.5) is 0 Å². The SMILES string of the molecule is COc1ccc(C(OC[C@H]2O[C@@H](c3nnc4c(=O)[nH]ccn34)C[C@@H]2O[P@]2O[C@H](CS(=O)(=O)c3ccccc3)[C@@H]3CCCN32)(c2ccccc2)c2ccc(OC)cc2)cc1. The second kappa shape index (κ2) is 16.6. The molecular formula is C43H44N5O9PS. The van der Waals surface area contributed by atoms with Gasteiger partial charge < -0.3 is 33.0 Å². The Kier molecular flexibility index (Phi) is 11.1. The van der Waals surface area contributed by atoms with E-state index in [0.29, 0.717) is 23.7 Å². The fourth-order valence-corrected chi connectivity index (χ4v) is 12.0. The zero-order chi connectivity index (χ0) is 40.6. The maximum absolute atomic E-state index is 13.6. The van der Waals surface area contributed by atoms with Crippen LogP contribution in [0.1, 0.15) is 47.9 Å². The molecule has 0 bridgehead atoms. The van der Waals surface area contributed by atoms with Gasteiger partial charge in [-0.15, -0.1) is 10.2 Å². The molecule has 16 heteroatoms. The van der Waals surface area contributed by atoms with Gasteiger partial charge in [-0.3, -0.25) is 9.20 Å². The molecule has 0 aliphatic carbocycles. The molecule has 14 nitrogen and oxygen atoms in total. The number of aromatic nitrogens is 4. The predicted octanol–water partition coefficient (Wildman–Crippen LogP) is 6.22. The van der Waals surface area contributed by atoms with E-state index in [9.17, 15) is 13.2 Å². The van der Waals surface area contributed by atoms with Crippen molar-refractivity contribution in [1.82, 2.24) is 24.3 Å². The van der Waals surface area contributed by atoms with Crippen LogP contribution in [0.5, 0.6) is 11.5 Å². The smallest absolute Gasteiger partial charge is 0.293 e. The average Bonchev–Trinajstić information content (AvgIpc) is 4.08. The molecule has 59 heavy (non-hydrogen) atoms. The maximum atomic E-state index is 13.6. The number of hydrogen-bond donors (Lipinski definition) is 1. The first-order valence-corrected chi connectivity index (χ1v) is 22.3. The summed E-state index contributed by atoms with van der Waals surface area (Å²) in [5, 5.41) is 8.57. The van der Waals surface area contributed by atoms with E-state index in [4.69, 9.17) is 28.0 Å². The van der Waals surface area contributed by atoms with Crippen molar-refractivity contribution in [3.63, 3.8) is 0 Å². The van der Waals surface area contributed by atoms with E-state index in [1.54, 1.807) is 55.1 Å². The van der Waals surface area contributed by atoms with Crippen molar-refractivity contribution in [2.75, 3.05) is 33.1 Å². The maximum Gasteiger partial charge on any atom is 0.293 e. The summed E-state index contributed by atoms with van der Waals surface area (Å²) in [6.45, 7) is 0.782. The summed E-state index contributed by atoms with van der Waals surface area (Å²) >= 11 is 0. The predicted molar refractivity (Wildman–Crippen MR) is 219 cm³/mol. The second-order valence-electron chi connectivity index (χ2n) is 14.7. The number of methoxy groups -OCH3 is 2. The highest BCUT2D eigenvalue weighted by atomic mass is 32.2. The number of rotatable bonds is 14. The Balaban J connectivity index is 1.07. The van der Waals surface area contributed by atoms with Crippen LogP contribution in [0.3, 0.4) is 0 Å². The van der Waals surface area contributed by atoms with Gasteiger partial charge in [0.05, 0.1) is 43.7 Å². The molecule has 0 spiro atoms. The van der Waals surface area contributed by atoms with Crippen molar-refractivity contribution >= 4 is 24.0 Å². The van der Waals surface area contributed by atoms with Gasteiger partial charge in [0, 0.05) is 31.4 Å². The second-order valence-corrected chi connectivity index (χ2v) is 18.2. The zero-order valence-electron chi connectivity index (χ0n) is 32.5. The summed E-state index contributed by atoms with van der Waals surface area (Å²) < 4.78 is 69.7. The molecule has 5 heterocycles. The number of benzene rings is 4. The summed E-state index contributed by atoms with van der Waals surface area (Å²) in [4.78, 5) is 15.6. The number of nitrogens with zero attached hydrogens (tertiary/aromatic N) is 4. The number of ether oxygens (including phenoxy) is 4. The Morgan fingerprint density at radius 3 is 2.15 bits per heavy atom. The molecule has 2 aromatic heterocycles. The van der Waals surface area contributed by atoms with E-state index in [2.05, 4.69) is 19.9 Å². The quantitative estimate of drug-likeness (QED) is 0.0978. The highest BCUT2D eigenvalue weighted by Gasteiger charge is 2.51. The van der Waals surface area contributed by atoms with Gasteiger partial charge in [-0.05, 0) is 65.9 Å². The molecule has 6 atom stereocenters. The number of hydrogen-bond acceptors (Lipinski definition) is 12. The number of sulfone groups is 1. The normalized spacial score (nSPS) is 23.4. The van der Waals surface area contributed by atoms with Crippen LogP contribution in [-0.2, 0) is 34.0 Å². The first-order valence-electron chi connectivity index (χ1n) is 19.5. The van der Waals surface area contributed by atoms with Crippen molar-refractivity contribution in [2.24, 2.45) is 0 Å². The molecule has 3 fully saturated rings. The molecule has 306 valence electrons. The highest BCUT2D eigenvalue weighted by Crippen LogP contribution is 2.58. The molecule has 1 N–H and O–H groups in total. The van der Waals surface area contributed by atoms with Crippen LogP contribution in [-0.4, -0.2) is 90.1 Å². The molecule has 6 aromatic rings. The lowest BCUT2D eigenvalue weighted by Crippen LogP contribution is -2.38. The first-order chi connectivity index (χ1) is 28.8. The summed E-state index contributed by atoms with van der Waals surface area (Å²) in [7, 11) is -2.03. The largest absolute Gasteiger partial charge is 0.497 e. The third kappa shape index (κ3) is 7.57. The van der Waals surface area contributed by atoms with E-state index >= 15 is 0 Å². The van der Waals surface area contributed by atoms with Crippen molar-refractivity contribution in [3.8, 4) is 11.5 Å². The lowest BCUT2D eigenvalue weighted by atomic mass is 9.80. The van der Waals surface area contributed by atoms with Gasteiger partial charge in [0.15, 0.2) is 15.7 Å². The number of aromatic amines is 1. The van der Waals surface area contributed by atoms with Crippen LogP contribution in [0.25, 0.3) is 5.65 Å². The molecule has 3 aliphatic rings. The van der Waals surface area contributed by atoms with E-state index in [1.165, 1.54) is 6.20 Å². The minimum Gasteiger partial charge on any atom is -0.497 e. The zero-order valence-corrected chi connectivity index (χ0v) is 34.2. The molecule has 0 amide bonds. The fraction of sp³-hybridized carbons (Fsp3) is 0.326. The van der Waals surface area contributed by atoms with Gasteiger partial charge in [0.1, 0.15) is 29.3 Å². The van der Waals surface area contributed by atoms with E-state index < -0.39 is 48.4 Å². The van der Waals surface area contributed by atoms with E-state index in [0.717, 1.165) is 36.1 Å². The molecule has 0 saturated carbocycles. The monoisotopic (exact) mass is 837 g/mol. The van der Waals surface area contributed by atoms with Gasteiger partial charge in [-0.2, -0.15) is 0 Å². The van der Waals surface area contributed by atoms with Crippen LogP contribution in [0.15, 0.2) is 131 Å². The van der Waals surface area contributed by atoms with Gasteiger partial charge in [-0.25, -0.2) is 13.1 Å². The van der Waals surface area contributed by atoms with Crippen molar-refractivity contribution < 1.29 is 36.4 Å². The number of nitrogens with one attached hydrogen (secondary N) is 1. The lowest BCUT2D eigenvalue weighted by molar-refractivity contribution is -0.0810. The van der Waals surface area contributed by atoms with E-state index in [-0.39, 0.29) is 34.5 Å². The Hall–Kier alpha value is -4.99. The van der Waals surface area contributed by atoms with E-state index in [1.807, 2.05) is 78.9 Å². The molecule has 0 unspecified atom stereocenters. The summed E-state index contributed by atoms with van der Waals surface area (Å²) in [5.41, 5.74) is 1.24. The molecule has 9 rings (SSSR count). The molecule has 3 aliphatic heterocycles. The standard InChI is InChI=1S/C43H44N5O9PS/c1-52-32-19-15-30(16-20-32)43(29-10-5-3-6-11-29,31-17-21-33(53-2)22-18-31)54-27-38-36(26-37(55-38)40-45-46-41-42(49)44-23-25-47(40)41)56-58-48-24-9-14-35(48)39(57-58)28-59(50,51)34-12-7-4-8-13-34/h3-8,10-13,15-23,25,35-39H,9,14,24,26-28H2,1-2H3,(H,44,49)/t35-,36-,37+,38+,39+,58+/m0/s1. The minimum absolute atomic E-state index is 0.0594. The third-order valence-corrected chi connectivity index (χ3v) is 14.9. The number of H-pyrrole nitrogens is 1. The minimum atomic E-state index is -3.62. The summed E-state index contributed by atoms with van der Waals surface area (Å²) in [6.07, 6.45) is 2.85. The van der Waals surface area contributed by atoms with Gasteiger partial charge in [0.25, 0.3) is 14.1 Å². The van der Waals surface area contributed by atoms with Gasteiger partial charge in [0.2, 0.25) is 5.65 Å². The summed E-state index contributed by atoms with van der Waals surface area (Å²) in [5.74, 6) is 1.71. The average molecular weight is 838 g/mol. The topological polar surface area (TPSA) is 156 Å². The first kappa shape index (κ1) is 39.5. The fourth-order valence-electron chi connectivity index (χ4n) is 8.39. The number of fused-ring (bicyclic) bond motifs is 2. The van der Waals surface area contributed by atoms with Crippen LogP contribution < -0.4 is 15.0 Å². The molecule has 4 aromatic carbocycles. The van der Waals surface area contributed by atoms with Crippen LogP contribution in [0.2, 0.25) is 0 Å². The lowest BCUT2D eigenvalue weighted by Gasteiger charge is -2.37. The Morgan fingerprint density at radius 1 is 0.847 bits per heavy atom. The van der Waals surface area contributed by atoms with Crippen molar-refractivity contribution in [3.05, 3.63) is 154 Å². The van der Waals surface area contributed by atoms with Crippen LogP contribution in [0, 0.1) is 0 Å². The van der Waals surface area contributed by atoms with Crippen LogP contribution >= 0.6 is 8.53 Å². The van der Waals surface area contributed by atoms with Gasteiger partial charge >= 0.3 is 0 Å². The Bertz CT molecular complexity index is 2500. The summed E-state index contributed by atoms with van der Waals surface area (Å²) in [6, 6.07) is 34.0. The van der Waals surface area contributed by atoms with Gasteiger partial charge in [-0.1, -0.05) is 72.8 Å². The molecular weight excluding hydrogens is 794 g/mol. The molecule has 3 saturated heterocycles. The van der Waals surface area contributed by atoms with Crippen molar-refractivity contribution in [1.29, 1.82) is 0 Å². The Morgan fingerprint density at radius 2 is 1.49 bits per heavy atom. The van der Waals surface area contributed by atoms with Crippen molar-refractivity contribution in [2.45, 2.75) is 60.2 Å². The highest BCUT2D eigenvalue weighted by molar-refractivity contribution is 7.91. The Labute approximate surface area is 342 Å².